The molecule has 11 nitrogen and oxygen atoms in total. The van der Waals surface area contributed by atoms with Gasteiger partial charge in [0.1, 0.15) is 23.8 Å². The molecule has 0 aromatic heterocycles. The standard InChI is InChI=1S/C28H34N5O6P/c1-3-11-25-27(29)30-20-31-33(25)26-17-16-23(38-26)19-37-40(35,39-22-14-9-6-10-15-22)32-24(28(34)36-4-2)18-21-12-7-5-8-13-21/h3,5-15,20,23-24,26H,1,4,16-19H2,2H3,(H,32,35)(H2,29,30,31)/b25-11-/t23?,24?,26-,40?/m1/s1. The third-order valence-corrected chi connectivity index (χ3v) is 7.65. The first-order valence-corrected chi connectivity index (χ1v) is 14.6. The van der Waals surface area contributed by atoms with Gasteiger partial charge < -0.3 is 19.7 Å². The molecule has 0 amide bonds. The SMILES string of the molecule is C=C/C=C1/C(N)=NC=NN1[C@H]1CCC(COP(=O)(NC(Cc2ccccc2)C(=O)OCC)Oc2ccccc2)O1. The van der Waals surface area contributed by atoms with Crippen molar-refractivity contribution in [1.82, 2.24) is 10.1 Å². The van der Waals surface area contributed by atoms with E-state index >= 15 is 0 Å². The van der Waals surface area contributed by atoms with E-state index in [0.29, 0.717) is 30.1 Å². The van der Waals surface area contributed by atoms with E-state index in [1.807, 2.05) is 36.4 Å². The van der Waals surface area contributed by atoms with Crippen LogP contribution in [0.5, 0.6) is 5.75 Å². The number of allylic oxidation sites excluding steroid dienone is 2. The Morgan fingerprint density at radius 3 is 2.65 bits per heavy atom. The van der Waals surface area contributed by atoms with Crippen molar-refractivity contribution in [2.24, 2.45) is 15.8 Å². The molecule has 2 aromatic rings. The Morgan fingerprint density at radius 1 is 1.23 bits per heavy atom. The lowest BCUT2D eigenvalue weighted by Crippen LogP contribution is -2.40. The summed E-state index contributed by atoms with van der Waals surface area (Å²) >= 11 is 0. The van der Waals surface area contributed by atoms with Gasteiger partial charge in [0.15, 0.2) is 12.1 Å². The van der Waals surface area contributed by atoms with E-state index in [1.165, 1.54) is 6.34 Å². The van der Waals surface area contributed by atoms with Crippen LogP contribution in [0, 0.1) is 0 Å². The van der Waals surface area contributed by atoms with E-state index in [-0.39, 0.29) is 19.6 Å². The highest BCUT2D eigenvalue weighted by Gasteiger charge is 2.38. The van der Waals surface area contributed by atoms with Gasteiger partial charge in [0.2, 0.25) is 0 Å². The highest BCUT2D eigenvalue weighted by molar-refractivity contribution is 7.52. The molecule has 1 saturated heterocycles. The van der Waals surface area contributed by atoms with Crippen molar-refractivity contribution in [2.75, 3.05) is 13.2 Å². The lowest BCUT2D eigenvalue weighted by atomic mass is 10.1. The van der Waals surface area contributed by atoms with Gasteiger partial charge in [0.05, 0.1) is 19.3 Å². The van der Waals surface area contributed by atoms with Crippen LogP contribution in [0.1, 0.15) is 25.3 Å². The van der Waals surface area contributed by atoms with Crippen LogP contribution in [0.2, 0.25) is 0 Å². The number of hydrogen-bond donors (Lipinski definition) is 2. The minimum absolute atomic E-state index is 0.0594. The molecule has 4 atom stereocenters. The van der Waals surface area contributed by atoms with Crippen LogP contribution >= 0.6 is 7.75 Å². The Balaban J connectivity index is 1.48. The van der Waals surface area contributed by atoms with E-state index < -0.39 is 32.1 Å². The third kappa shape index (κ3) is 7.89. The van der Waals surface area contributed by atoms with Crippen molar-refractivity contribution >= 4 is 25.9 Å². The van der Waals surface area contributed by atoms with Crippen LogP contribution in [-0.2, 0) is 29.8 Å². The number of rotatable bonds is 13. The minimum Gasteiger partial charge on any atom is -0.465 e. The molecule has 0 bridgehead atoms. The number of hydrazone groups is 1. The third-order valence-electron chi connectivity index (χ3n) is 6.08. The number of nitrogens with zero attached hydrogens (tertiary/aromatic N) is 3. The quantitative estimate of drug-likeness (QED) is 0.270. The molecule has 3 unspecified atom stereocenters. The number of nitrogens with one attached hydrogen (secondary N) is 1. The van der Waals surface area contributed by atoms with Crippen LogP contribution in [0.25, 0.3) is 0 Å². The number of amidine groups is 1. The predicted molar refractivity (Wildman–Crippen MR) is 152 cm³/mol. The summed E-state index contributed by atoms with van der Waals surface area (Å²) in [6.07, 6.45) is 5.25. The summed E-state index contributed by atoms with van der Waals surface area (Å²) in [7, 11) is -4.09. The van der Waals surface area contributed by atoms with Crippen LogP contribution in [0.3, 0.4) is 0 Å². The van der Waals surface area contributed by atoms with Gasteiger partial charge in [-0.15, -0.1) is 0 Å². The first kappa shape index (κ1) is 29.2. The Hall–Kier alpha value is -3.76. The maximum Gasteiger partial charge on any atom is 0.459 e. The monoisotopic (exact) mass is 567 g/mol. The second kappa shape index (κ2) is 14.0. The fourth-order valence-electron chi connectivity index (χ4n) is 4.24. The molecule has 0 spiro atoms. The van der Waals surface area contributed by atoms with E-state index in [9.17, 15) is 9.36 Å². The van der Waals surface area contributed by atoms with Gasteiger partial charge in [-0.2, -0.15) is 10.2 Å². The molecular formula is C28H34N5O6P. The van der Waals surface area contributed by atoms with Crippen LogP contribution in [0.15, 0.2) is 95.2 Å². The Morgan fingerprint density at radius 2 is 1.95 bits per heavy atom. The number of esters is 1. The van der Waals surface area contributed by atoms with E-state index in [4.69, 9.17) is 24.3 Å². The van der Waals surface area contributed by atoms with E-state index in [0.717, 1.165) is 5.56 Å². The second-order valence-corrected chi connectivity index (χ2v) is 10.7. The smallest absolute Gasteiger partial charge is 0.459 e. The Kier molecular flexibility index (Phi) is 10.3. The number of aliphatic imine (C=N–C) groups is 1. The lowest BCUT2D eigenvalue weighted by Gasteiger charge is -2.29. The zero-order chi connectivity index (χ0) is 28.4. The molecule has 0 aliphatic carbocycles. The molecule has 2 aliphatic rings. The second-order valence-electron chi connectivity index (χ2n) is 8.99. The van der Waals surface area contributed by atoms with Gasteiger partial charge >= 0.3 is 13.7 Å². The summed E-state index contributed by atoms with van der Waals surface area (Å²) < 4.78 is 37.3. The molecule has 4 rings (SSSR count). The number of carbonyl (C=O) groups is 1. The highest BCUT2D eigenvalue weighted by atomic mass is 31.2. The van der Waals surface area contributed by atoms with Gasteiger partial charge in [0.25, 0.3) is 0 Å². The Labute approximate surface area is 233 Å². The molecule has 1 fully saturated rings. The van der Waals surface area contributed by atoms with Gasteiger partial charge in [0, 0.05) is 0 Å². The van der Waals surface area contributed by atoms with Gasteiger partial charge in [-0.1, -0.05) is 61.2 Å². The zero-order valence-electron chi connectivity index (χ0n) is 22.3. The van der Waals surface area contributed by atoms with Crippen LogP contribution in [0.4, 0.5) is 0 Å². The molecule has 212 valence electrons. The predicted octanol–water partition coefficient (Wildman–Crippen LogP) is 4.15. The van der Waals surface area contributed by atoms with Crippen molar-refractivity contribution in [1.29, 1.82) is 0 Å². The molecular weight excluding hydrogens is 533 g/mol. The summed E-state index contributed by atoms with van der Waals surface area (Å²) in [5.41, 5.74) is 7.44. The largest absolute Gasteiger partial charge is 0.465 e. The van der Waals surface area contributed by atoms with Crippen molar-refractivity contribution < 1.29 is 27.9 Å². The van der Waals surface area contributed by atoms with Gasteiger partial charge in [-0.05, 0) is 50.0 Å². The summed E-state index contributed by atoms with van der Waals surface area (Å²) in [5.74, 6) is 0.0573. The number of benzene rings is 2. The minimum atomic E-state index is -4.09. The highest BCUT2D eigenvalue weighted by Crippen LogP contribution is 2.46. The maximum atomic E-state index is 14.1. The number of nitrogens with two attached hydrogens (primary N) is 1. The molecule has 0 saturated carbocycles. The normalized spacial score (nSPS) is 21.9. The summed E-state index contributed by atoms with van der Waals surface area (Å²) in [6, 6.07) is 17.0. The van der Waals surface area contributed by atoms with Crippen LogP contribution < -0.4 is 15.3 Å². The molecule has 0 radical (unpaired) electrons. The van der Waals surface area contributed by atoms with Gasteiger partial charge in [-0.25, -0.2) is 14.6 Å². The fourth-order valence-corrected chi connectivity index (χ4v) is 5.76. The average Bonchev–Trinajstić information content (AvgIpc) is 3.43. The molecule has 2 heterocycles. The topological polar surface area (TPSA) is 137 Å². The summed E-state index contributed by atoms with van der Waals surface area (Å²) in [6.45, 7) is 5.54. The lowest BCUT2D eigenvalue weighted by molar-refractivity contribution is -0.145. The van der Waals surface area contributed by atoms with Crippen molar-refractivity contribution in [3.8, 4) is 5.75 Å². The summed E-state index contributed by atoms with van der Waals surface area (Å²) in [5, 5.41) is 8.77. The molecule has 2 aromatic carbocycles. The fraction of sp³-hybridized carbons (Fsp3) is 0.321. The van der Waals surface area contributed by atoms with Crippen LogP contribution in [-0.4, -0.2) is 54.7 Å². The number of hydrogen-bond acceptors (Lipinski definition) is 10. The first-order valence-electron chi connectivity index (χ1n) is 13.0. The molecule has 2 aliphatic heterocycles. The molecule has 12 heteroatoms. The first-order chi connectivity index (χ1) is 19.4. The van der Waals surface area contributed by atoms with Crippen molar-refractivity contribution in [3.05, 3.63) is 90.7 Å². The maximum absolute atomic E-state index is 14.1. The van der Waals surface area contributed by atoms with Crippen molar-refractivity contribution in [3.63, 3.8) is 0 Å². The summed E-state index contributed by atoms with van der Waals surface area (Å²) in [4.78, 5) is 16.9. The van der Waals surface area contributed by atoms with E-state index in [2.05, 4.69) is 21.8 Å². The van der Waals surface area contributed by atoms with E-state index in [1.54, 1.807) is 48.4 Å². The molecule has 40 heavy (non-hydrogen) atoms. The number of ether oxygens (including phenoxy) is 2. The van der Waals surface area contributed by atoms with Gasteiger partial charge in [-0.3, -0.25) is 9.32 Å². The average molecular weight is 568 g/mol. The number of para-hydroxylation sites is 1. The van der Waals surface area contributed by atoms with Crippen molar-refractivity contribution in [2.45, 2.75) is 44.6 Å². The Bertz CT molecular complexity index is 1290. The number of carbonyl (C=O) groups excluding carboxylic acids is 1. The molecule has 3 N–H and O–H groups in total. The zero-order valence-corrected chi connectivity index (χ0v) is 23.2.